The molecule has 0 unspecified atom stereocenters. The molecule has 6 heteroatoms. The Kier molecular flexibility index (Phi) is 4.14. The second kappa shape index (κ2) is 6.02. The summed E-state index contributed by atoms with van der Waals surface area (Å²) in [5.41, 5.74) is 1.10. The molecule has 0 aliphatic carbocycles. The molecule has 2 rings (SSSR count). The van der Waals surface area contributed by atoms with Crippen molar-refractivity contribution in [2.75, 3.05) is 30.4 Å². The fourth-order valence-corrected chi connectivity index (χ4v) is 1.58. The van der Waals surface area contributed by atoms with Crippen LogP contribution in [0.2, 0.25) is 0 Å². The van der Waals surface area contributed by atoms with Gasteiger partial charge in [0.2, 0.25) is 0 Å². The highest BCUT2D eigenvalue weighted by molar-refractivity contribution is 5.47. The van der Waals surface area contributed by atoms with Crippen LogP contribution < -0.4 is 10.2 Å². The van der Waals surface area contributed by atoms with Crippen LogP contribution in [0.15, 0.2) is 30.7 Å². The van der Waals surface area contributed by atoms with Crippen molar-refractivity contribution in [3.05, 3.63) is 36.4 Å². The second-order valence-electron chi connectivity index (χ2n) is 3.96. The Balaban J connectivity index is 1.98. The highest BCUT2D eigenvalue weighted by atomic mass is 16.3. The van der Waals surface area contributed by atoms with Gasteiger partial charge in [0.25, 0.3) is 0 Å². The van der Waals surface area contributed by atoms with E-state index in [4.69, 9.17) is 5.11 Å². The van der Waals surface area contributed by atoms with E-state index in [1.807, 2.05) is 36.3 Å². The first-order valence-electron chi connectivity index (χ1n) is 5.80. The molecule has 6 nitrogen and oxygen atoms in total. The highest BCUT2D eigenvalue weighted by Gasteiger charge is 2.03. The number of aliphatic hydroxyl groups excluding tert-OH is 1. The molecule has 2 heterocycles. The van der Waals surface area contributed by atoms with Crippen LogP contribution in [0, 0.1) is 0 Å². The number of hydrogen-bond donors (Lipinski definition) is 3. The van der Waals surface area contributed by atoms with Gasteiger partial charge in [0, 0.05) is 31.5 Å². The minimum absolute atomic E-state index is 0.103. The van der Waals surface area contributed by atoms with E-state index in [9.17, 15) is 0 Å². The van der Waals surface area contributed by atoms with Gasteiger partial charge in [-0.2, -0.15) is 0 Å². The van der Waals surface area contributed by atoms with Crippen molar-refractivity contribution in [1.29, 1.82) is 0 Å². The van der Waals surface area contributed by atoms with Crippen molar-refractivity contribution < 1.29 is 5.11 Å². The number of hydrogen-bond acceptors (Lipinski definition) is 5. The third-order valence-corrected chi connectivity index (χ3v) is 2.60. The summed E-state index contributed by atoms with van der Waals surface area (Å²) in [6, 6.07) is 5.82. The predicted octanol–water partition coefficient (Wildman–Crippen LogP) is 0.845. The molecule has 2 aromatic rings. The lowest BCUT2D eigenvalue weighted by atomic mass is 10.4. The smallest absolute Gasteiger partial charge is 0.133 e. The molecule has 0 bridgehead atoms. The first kappa shape index (κ1) is 12.4. The Morgan fingerprint density at radius 3 is 3.06 bits per heavy atom. The van der Waals surface area contributed by atoms with Crippen LogP contribution in [0.5, 0.6) is 0 Å². The molecule has 0 radical (unpaired) electrons. The van der Waals surface area contributed by atoms with Gasteiger partial charge in [-0.05, 0) is 12.1 Å². The molecule has 0 spiro atoms. The van der Waals surface area contributed by atoms with Crippen molar-refractivity contribution in [2.45, 2.75) is 6.54 Å². The minimum Gasteiger partial charge on any atom is -0.395 e. The average Bonchev–Trinajstić information content (AvgIpc) is 2.90. The fourth-order valence-electron chi connectivity index (χ4n) is 1.58. The number of rotatable bonds is 6. The van der Waals surface area contributed by atoms with Crippen LogP contribution in [-0.4, -0.2) is 40.3 Å². The van der Waals surface area contributed by atoms with Crippen LogP contribution >= 0.6 is 0 Å². The van der Waals surface area contributed by atoms with Gasteiger partial charge in [-0.15, -0.1) is 0 Å². The molecule has 2 aromatic heterocycles. The van der Waals surface area contributed by atoms with E-state index in [-0.39, 0.29) is 6.61 Å². The standard InChI is InChI=1S/C12H17N5O/c1-17(5-6-18)12-7-11(15-9-16-12)14-8-10-3-2-4-13-10/h2-4,7,9,13,18H,5-6,8H2,1H3,(H,14,15,16). The van der Waals surface area contributed by atoms with Crippen LogP contribution in [0.25, 0.3) is 0 Å². The summed E-state index contributed by atoms with van der Waals surface area (Å²) in [6.45, 7) is 1.34. The molecule has 0 atom stereocenters. The molecule has 0 fully saturated rings. The lowest BCUT2D eigenvalue weighted by molar-refractivity contribution is 0.304. The number of anilines is 2. The van der Waals surface area contributed by atoms with Gasteiger partial charge >= 0.3 is 0 Å². The molecule has 18 heavy (non-hydrogen) atoms. The number of aliphatic hydroxyl groups is 1. The Bertz CT molecular complexity index is 471. The molecule has 96 valence electrons. The van der Waals surface area contributed by atoms with Crippen LogP contribution in [0.3, 0.4) is 0 Å². The Labute approximate surface area is 106 Å². The average molecular weight is 247 g/mol. The zero-order valence-corrected chi connectivity index (χ0v) is 10.3. The normalized spacial score (nSPS) is 10.3. The number of nitrogens with one attached hydrogen (secondary N) is 2. The van der Waals surface area contributed by atoms with Crippen molar-refractivity contribution in [3.63, 3.8) is 0 Å². The summed E-state index contributed by atoms with van der Waals surface area (Å²) in [5.74, 6) is 1.55. The summed E-state index contributed by atoms with van der Waals surface area (Å²) in [5, 5.41) is 12.1. The number of aromatic nitrogens is 3. The molecule has 0 aromatic carbocycles. The van der Waals surface area contributed by atoms with Gasteiger partial charge < -0.3 is 20.3 Å². The zero-order chi connectivity index (χ0) is 12.8. The van der Waals surface area contributed by atoms with Crippen LogP contribution in [0.1, 0.15) is 5.69 Å². The first-order chi connectivity index (χ1) is 8.79. The number of nitrogens with zero attached hydrogens (tertiary/aromatic N) is 3. The second-order valence-corrected chi connectivity index (χ2v) is 3.96. The van der Waals surface area contributed by atoms with E-state index in [0.29, 0.717) is 13.1 Å². The largest absolute Gasteiger partial charge is 0.395 e. The zero-order valence-electron chi connectivity index (χ0n) is 10.3. The first-order valence-corrected chi connectivity index (χ1v) is 5.80. The van der Waals surface area contributed by atoms with Gasteiger partial charge in [0.05, 0.1) is 13.2 Å². The van der Waals surface area contributed by atoms with E-state index in [1.165, 1.54) is 6.33 Å². The van der Waals surface area contributed by atoms with E-state index in [1.54, 1.807) is 0 Å². The molecule has 0 saturated heterocycles. The van der Waals surface area contributed by atoms with Crippen LogP contribution in [0.4, 0.5) is 11.6 Å². The summed E-state index contributed by atoms with van der Waals surface area (Å²) >= 11 is 0. The molecule has 3 N–H and O–H groups in total. The molecule has 0 amide bonds. The van der Waals surface area contributed by atoms with Gasteiger partial charge in [0.15, 0.2) is 0 Å². The minimum atomic E-state index is 0.103. The molecular weight excluding hydrogens is 230 g/mol. The summed E-state index contributed by atoms with van der Waals surface area (Å²) < 4.78 is 0. The lowest BCUT2D eigenvalue weighted by Gasteiger charge is -2.16. The summed E-state index contributed by atoms with van der Waals surface area (Å²) in [4.78, 5) is 13.3. The maximum Gasteiger partial charge on any atom is 0.133 e. The molecule has 0 saturated carbocycles. The van der Waals surface area contributed by atoms with Crippen molar-refractivity contribution in [3.8, 4) is 0 Å². The Morgan fingerprint density at radius 2 is 2.33 bits per heavy atom. The van der Waals surface area contributed by atoms with E-state index in [0.717, 1.165) is 17.3 Å². The fraction of sp³-hybridized carbons (Fsp3) is 0.333. The third-order valence-electron chi connectivity index (χ3n) is 2.60. The Morgan fingerprint density at radius 1 is 1.44 bits per heavy atom. The van der Waals surface area contributed by atoms with Crippen molar-refractivity contribution in [2.24, 2.45) is 0 Å². The maximum atomic E-state index is 8.89. The van der Waals surface area contributed by atoms with E-state index in [2.05, 4.69) is 20.3 Å². The van der Waals surface area contributed by atoms with E-state index >= 15 is 0 Å². The van der Waals surface area contributed by atoms with Gasteiger partial charge in [-0.25, -0.2) is 9.97 Å². The number of likely N-dealkylation sites (N-methyl/N-ethyl adjacent to an activating group) is 1. The molecule has 0 aliphatic heterocycles. The van der Waals surface area contributed by atoms with Crippen LogP contribution in [-0.2, 0) is 6.54 Å². The Hall–Kier alpha value is -2.08. The SMILES string of the molecule is CN(CCO)c1cc(NCc2ccc[nH]2)ncn1. The van der Waals surface area contributed by atoms with Gasteiger partial charge in [-0.3, -0.25) is 0 Å². The maximum absolute atomic E-state index is 8.89. The lowest BCUT2D eigenvalue weighted by Crippen LogP contribution is -2.22. The number of H-pyrrole nitrogens is 1. The highest BCUT2D eigenvalue weighted by Crippen LogP contribution is 2.12. The summed E-state index contributed by atoms with van der Waals surface area (Å²) in [7, 11) is 1.88. The third kappa shape index (κ3) is 3.21. The van der Waals surface area contributed by atoms with E-state index < -0.39 is 0 Å². The molecular formula is C12H17N5O. The topological polar surface area (TPSA) is 77.1 Å². The quantitative estimate of drug-likeness (QED) is 0.705. The number of aromatic amines is 1. The monoisotopic (exact) mass is 247 g/mol. The summed E-state index contributed by atoms with van der Waals surface area (Å²) in [6.07, 6.45) is 3.40. The van der Waals surface area contributed by atoms with Gasteiger partial charge in [0.1, 0.15) is 18.0 Å². The van der Waals surface area contributed by atoms with Crippen molar-refractivity contribution >= 4 is 11.6 Å². The van der Waals surface area contributed by atoms with Gasteiger partial charge in [-0.1, -0.05) is 0 Å². The molecule has 0 aliphatic rings. The predicted molar refractivity (Wildman–Crippen MR) is 70.5 cm³/mol. The van der Waals surface area contributed by atoms with Crippen molar-refractivity contribution in [1.82, 2.24) is 15.0 Å².